The number of aromatic nitrogens is 2. The number of rotatable bonds is 1. The molecule has 17 heavy (non-hydrogen) atoms. The van der Waals surface area contributed by atoms with Gasteiger partial charge in [0.15, 0.2) is 5.76 Å². The lowest BCUT2D eigenvalue weighted by Crippen LogP contribution is -1.84. The van der Waals surface area contributed by atoms with Gasteiger partial charge in [0.25, 0.3) is 0 Å². The Labute approximate surface area is 98.1 Å². The summed E-state index contributed by atoms with van der Waals surface area (Å²) < 4.78 is 5.43. The molecule has 4 rings (SSSR count). The van der Waals surface area contributed by atoms with E-state index in [2.05, 4.69) is 34.5 Å². The molecule has 0 spiro atoms. The van der Waals surface area contributed by atoms with Gasteiger partial charge in [-0.05, 0) is 17.7 Å². The van der Waals surface area contributed by atoms with Crippen LogP contribution in [0.15, 0.2) is 47.1 Å². The molecular weight excluding hydrogens is 212 g/mol. The Morgan fingerprint density at radius 2 is 2.06 bits per heavy atom. The number of aromatic amines is 1. The van der Waals surface area contributed by atoms with E-state index in [0.29, 0.717) is 0 Å². The van der Waals surface area contributed by atoms with Gasteiger partial charge in [-0.15, -0.1) is 0 Å². The van der Waals surface area contributed by atoms with Gasteiger partial charge in [-0.3, -0.25) is 5.10 Å². The molecule has 0 atom stereocenters. The lowest BCUT2D eigenvalue weighted by molar-refractivity contribution is 0.579. The average Bonchev–Trinajstić information content (AvgIpc) is 3.04. The molecule has 0 aliphatic heterocycles. The number of hydrogen-bond acceptors (Lipinski definition) is 2. The van der Waals surface area contributed by atoms with Crippen molar-refractivity contribution >= 4 is 0 Å². The summed E-state index contributed by atoms with van der Waals surface area (Å²) in [5.74, 6) is 0.853. The van der Waals surface area contributed by atoms with Gasteiger partial charge in [0.1, 0.15) is 5.69 Å². The Balaban J connectivity index is 1.93. The first-order chi connectivity index (χ1) is 8.43. The molecule has 2 heterocycles. The molecule has 0 bridgehead atoms. The van der Waals surface area contributed by atoms with E-state index in [0.717, 1.165) is 23.6 Å². The highest BCUT2D eigenvalue weighted by Gasteiger charge is 2.25. The Morgan fingerprint density at radius 1 is 1.12 bits per heavy atom. The molecule has 3 nitrogen and oxygen atoms in total. The molecule has 1 aliphatic carbocycles. The maximum Gasteiger partial charge on any atom is 0.151 e. The third-order valence-electron chi connectivity index (χ3n) is 3.27. The summed E-state index contributed by atoms with van der Waals surface area (Å²) in [6.07, 6.45) is 2.61. The van der Waals surface area contributed by atoms with Crippen LogP contribution >= 0.6 is 0 Å². The lowest BCUT2D eigenvalue weighted by atomic mass is 10.1. The van der Waals surface area contributed by atoms with Crippen molar-refractivity contribution in [3.63, 3.8) is 0 Å². The number of nitrogens with zero attached hydrogens (tertiary/aromatic N) is 1. The minimum atomic E-state index is 0.853. The largest absolute Gasteiger partial charge is 0.463 e. The molecule has 3 heteroatoms. The Hall–Kier alpha value is -2.29. The smallest absolute Gasteiger partial charge is 0.151 e. The van der Waals surface area contributed by atoms with Gasteiger partial charge >= 0.3 is 0 Å². The van der Waals surface area contributed by atoms with Crippen LogP contribution in [0.4, 0.5) is 0 Å². The van der Waals surface area contributed by atoms with Crippen molar-refractivity contribution in [3.05, 3.63) is 53.8 Å². The van der Waals surface area contributed by atoms with Crippen LogP contribution in [0.3, 0.4) is 0 Å². The van der Waals surface area contributed by atoms with E-state index in [-0.39, 0.29) is 0 Å². The molecule has 1 N–H and O–H groups in total. The van der Waals surface area contributed by atoms with Gasteiger partial charge in [-0.25, -0.2) is 0 Å². The van der Waals surface area contributed by atoms with E-state index >= 15 is 0 Å². The zero-order chi connectivity index (χ0) is 11.2. The fourth-order valence-electron chi connectivity index (χ4n) is 2.48. The third kappa shape index (κ3) is 1.13. The van der Waals surface area contributed by atoms with Crippen LogP contribution in [0.2, 0.25) is 0 Å². The van der Waals surface area contributed by atoms with E-state index in [4.69, 9.17) is 4.42 Å². The average molecular weight is 222 g/mol. The molecule has 0 unspecified atom stereocenters. The quantitative estimate of drug-likeness (QED) is 0.537. The maximum absolute atomic E-state index is 5.43. The van der Waals surface area contributed by atoms with Gasteiger partial charge in [-0.1, -0.05) is 24.3 Å². The minimum Gasteiger partial charge on any atom is -0.463 e. The van der Waals surface area contributed by atoms with Crippen molar-refractivity contribution in [2.24, 2.45) is 0 Å². The molecule has 0 amide bonds. The van der Waals surface area contributed by atoms with Crippen molar-refractivity contribution in [3.8, 4) is 22.7 Å². The second-order valence-electron chi connectivity index (χ2n) is 4.24. The van der Waals surface area contributed by atoms with Crippen LogP contribution in [-0.4, -0.2) is 10.2 Å². The van der Waals surface area contributed by atoms with E-state index in [1.807, 2.05) is 12.1 Å². The summed E-state index contributed by atoms with van der Waals surface area (Å²) >= 11 is 0. The van der Waals surface area contributed by atoms with Crippen LogP contribution < -0.4 is 0 Å². The summed E-state index contributed by atoms with van der Waals surface area (Å²) in [7, 11) is 0. The molecule has 1 aliphatic rings. The number of H-pyrrole nitrogens is 1. The second kappa shape index (κ2) is 3.10. The SMILES string of the molecule is c1coc(-c2[nH]nc3c2Cc2ccccc2-3)c1. The standard InChI is InChI=1S/C14H10N2O/c1-2-5-10-9(4-1)8-11-13(10)15-16-14(11)12-6-3-7-17-12/h1-7H,8H2,(H,15,16). The van der Waals surface area contributed by atoms with E-state index in [9.17, 15) is 0 Å². The number of benzene rings is 1. The zero-order valence-corrected chi connectivity index (χ0v) is 9.10. The second-order valence-corrected chi connectivity index (χ2v) is 4.24. The lowest BCUT2D eigenvalue weighted by Gasteiger charge is -1.97. The molecule has 1 aromatic carbocycles. The summed E-state index contributed by atoms with van der Waals surface area (Å²) in [6, 6.07) is 12.2. The zero-order valence-electron chi connectivity index (χ0n) is 9.10. The molecule has 0 radical (unpaired) electrons. The van der Waals surface area contributed by atoms with Crippen LogP contribution in [0.5, 0.6) is 0 Å². The maximum atomic E-state index is 5.43. The van der Waals surface area contributed by atoms with Crippen molar-refractivity contribution < 1.29 is 4.42 Å². The first kappa shape index (κ1) is 8.82. The highest BCUT2D eigenvalue weighted by molar-refractivity contribution is 5.79. The summed E-state index contributed by atoms with van der Waals surface area (Å²) in [5, 5.41) is 7.48. The minimum absolute atomic E-state index is 0.853. The Bertz CT molecular complexity index is 680. The number of furan rings is 1. The van der Waals surface area contributed by atoms with Crippen molar-refractivity contribution in [2.75, 3.05) is 0 Å². The van der Waals surface area contributed by atoms with Gasteiger partial charge in [0.2, 0.25) is 0 Å². The monoisotopic (exact) mass is 222 g/mol. The van der Waals surface area contributed by atoms with Gasteiger partial charge in [0, 0.05) is 17.5 Å². The molecule has 0 saturated carbocycles. The predicted molar refractivity (Wildman–Crippen MR) is 64.5 cm³/mol. The number of nitrogens with one attached hydrogen (secondary N) is 1. The topological polar surface area (TPSA) is 41.8 Å². The fourth-order valence-corrected chi connectivity index (χ4v) is 2.48. The van der Waals surface area contributed by atoms with E-state index in [1.165, 1.54) is 16.7 Å². The van der Waals surface area contributed by atoms with Crippen LogP contribution in [0.1, 0.15) is 11.1 Å². The Morgan fingerprint density at radius 3 is 2.94 bits per heavy atom. The normalized spacial score (nSPS) is 12.5. The van der Waals surface area contributed by atoms with Crippen LogP contribution in [0.25, 0.3) is 22.7 Å². The highest BCUT2D eigenvalue weighted by atomic mass is 16.3. The van der Waals surface area contributed by atoms with Gasteiger partial charge in [0.05, 0.1) is 12.0 Å². The van der Waals surface area contributed by atoms with E-state index < -0.39 is 0 Å². The first-order valence-electron chi connectivity index (χ1n) is 5.63. The van der Waals surface area contributed by atoms with Gasteiger partial charge < -0.3 is 4.42 Å². The molecule has 2 aromatic heterocycles. The number of hydrogen-bond donors (Lipinski definition) is 1. The first-order valence-corrected chi connectivity index (χ1v) is 5.63. The molecule has 0 saturated heterocycles. The molecular formula is C14H10N2O. The predicted octanol–water partition coefficient (Wildman–Crippen LogP) is 3.24. The fraction of sp³-hybridized carbons (Fsp3) is 0.0714. The highest BCUT2D eigenvalue weighted by Crippen LogP contribution is 2.39. The number of fused-ring (bicyclic) bond motifs is 3. The van der Waals surface area contributed by atoms with Crippen LogP contribution in [0, 0.1) is 0 Å². The molecule has 0 fully saturated rings. The van der Waals surface area contributed by atoms with Crippen molar-refractivity contribution in [1.29, 1.82) is 0 Å². The van der Waals surface area contributed by atoms with Crippen molar-refractivity contribution in [2.45, 2.75) is 6.42 Å². The van der Waals surface area contributed by atoms with Crippen molar-refractivity contribution in [1.82, 2.24) is 10.2 Å². The Kier molecular flexibility index (Phi) is 1.61. The van der Waals surface area contributed by atoms with Gasteiger partial charge in [-0.2, -0.15) is 5.10 Å². The summed E-state index contributed by atoms with van der Waals surface area (Å²) in [4.78, 5) is 0. The molecule has 3 aromatic rings. The third-order valence-corrected chi connectivity index (χ3v) is 3.27. The summed E-state index contributed by atoms with van der Waals surface area (Å²) in [6.45, 7) is 0. The van der Waals surface area contributed by atoms with Crippen LogP contribution in [-0.2, 0) is 6.42 Å². The molecule has 82 valence electrons. The van der Waals surface area contributed by atoms with E-state index in [1.54, 1.807) is 6.26 Å². The summed E-state index contributed by atoms with van der Waals surface area (Å²) in [5.41, 5.74) is 5.87.